The minimum absolute atomic E-state index is 0.0720. The largest absolute Gasteiger partial charge is 0.390 e. The molecule has 4 nitrogen and oxygen atoms in total. The summed E-state index contributed by atoms with van der Waals surface area (Å²) in [4.78, 5) is 0. The third-order valence-corrected chi connectivity index (χ3v) is 4.84. The first-order valence-corrected chi connectivity index (χ1v) is 7.03. The Balaban J connectivity index is 1.92. The van der Waals surface area contributed by atoms with Crippen LogP contribution in [0.2, 0.25) is 0 Å². The second-order valence-electron chi connectivity index (χ2n) is 4.40. The maximum Gasteiger partial charge on any atom is 0.154 e. The molecule has 1 saturated heterocycles. The van der Waals surface area contributed by atoms with Crippen molar-refractivity contribution in [2.45, 2.75) is 43.9 Å². The van der Waals surface area contributed by atoms with Crippen molar-refractivity contribution in [3.63, 3.8) is 0 Å². The van der Waals surface area contributed by atoms with Crippen molar-refractivity contribution >= 4 is 9.84 Å². The van der Waals surface area contributed by atoms with Gasteiger partial charge in [-0.2, -0.15) is 0 Å². The highest BCUT2D eigenvalue weighted by molar-refractivity contribution is 7.91. The van der Waals surface area contributed by atoms with Crippen LogP contribution in [0.5, 0.6) is 0 Å². The molecule has 0 radical (unpaired) electrons. The van der Waals surface area contributed by atoms with Gasteiger partial charge in [-0.05, 0) is 12.8 Å². The molecule has 0 aromatic rings. The summed E-state index contributed by atoms with van der Waals surface area (Å²) in [6, 6.07) is 0.186. The van der Waals surface area contributed by atoms with Gasteiger partial charge in [-0.3, -0.25) is 0 Å². The smallest absolute Gasteiger partial charge is 0.154 e. The number of nitrogens with one attached hydrogen (secondary N) is 1. The lowest BCUT2D eigenvalue weighted by molar-refractivity contribution is 0.159. The average molecular weight is 219 g/mol. The second-order valence-corrected chi connectivity index (χ2v) is 6.55. The number of hydrogen-bond acceptors (Lipinski definition) is 4. The van der Waals surface area contributed by atoms with E-state index in [2.05, 4.69) is 5.32 Å². The number of aliphatic hydroxyl groups is 1. The Kier molecular flexibility index (Phi) is 2.81. The van der Waals surface area contributed by atoms with Crippen LogP contribution in [0.15, 0.2) is 0 Å². The van der Waals surface area contributed by atoms with Gasteiger partial charge in [-0.15, -0.1) is 0 Å². The molecule has 82 valence electrons. The Morgan fingerprint density at radius 1 is 1.14 bits per heavy atom. The van der Waals surface area contributed by atoms with E-state index < -0.39 is 15.9 Å². The third kappa shape index (κ3) is 2.27. The SMILES string of the molecule is O=S1(=O)CC(O)C(NC2CCCC2)C1. The molecule has 0 bridgehead atoms. The molecule has 0 amide bonds. The Morgan fingerprint density at radius 3 is 2.29 bits per heavy atom. The van der Waals surface area contributed by atoms with Gasteiger partial charge in [0, 0.05) is 12.1 Å². The molecule has 2 unspecified atom stereocenters. The van der Waals surface area contributed by atoms with Crippen molar-refractivity contribution in [3.8, 4) is 0 Å². The topological polar surface area (TPSA) is 66.4 Å². The molecule has 5 heteroatoms. The van der Waals surface area contributed by atoms with Gasteiger partial charge in [0.25, 0.3) is 0 Å². The standard InChI is InChI=1S/C9H17NO3S/c11-9-6-14(12,13)5-8(9)10-7-3-1-2-4-7/h7-11H,1-6H2. The molecular weight excluding hydrogens is 202 g/mol. The molecule has 1 aliphatic carbocycles. The highest BCUT2D eigenvalue weighted by Crippen LogP contribution is 2.21. The van der Waals surface area contributed by atoms with Gasteiger partial charge in [-0.25, -0.2) is 8.42 Å². The lowest BCUT2D eigenvalue weighted by atomic mass is 10.1. The number of aliphatic hydroxyl groups excluding tert-OH is 1. The zero-order chi connectivity index (χ0) is 10.2. The molecule has 0 spiro atoms. The monoisotopic (exact) mass is 219 g/mol. The van der Waals surface area contributed by atoms with Crippen LogP contribution in [0.3, 0.4) is 0 Å². The quantitative estimate of drug-likeness (QED) is 0.668. The first-order chi connectivity index (χ1) is 6.57. The predicted molar refractivity (Wildman–Crippen MR) is 53.8 cm³/mol. The summed E-state index contributed by atoms with van der Waals surface area (Å²) in [6.45, 7) is 0. The van der Waals surface area contributed by atoms with Crippen molar-refractivity contribution in [3.05, 3.63) is 0 Å². The molecule has 14 heavy (non-hydrogen) atoms. The summed E-state index contributed by atoms with van der Waals surface area (Å²) in [5, 5.41) is 12.8. The summed E-state index contributed by atoms with van der Waals surface area (Å²) in [5.41, 5.74) is 0. The van der Waals surface area contributed by atoms with Crippen LogP contribution in [-0.4, -0.2) is 43.2 Å². The van der Waals surface area contributed by atoms with Crippen LogP contribution >= 0.6 is 0 Å². The van der Waals surface area contributed by atoms with E-state index in [0.29, 0.717) is 6.04 Å². The Morgan fingerprint density at radius 2 is 1.79 bits per heavy atom. The first kappa shape index (κ1) is 10.4. The molecular formula is C9H17NO3S. The van der Waals surface area contributed by atoms with Crippen LogP contribution < -0.4 is 5.32 Å². The van der Waals surface area contributed by atoms with Gasteiger partial charge in [0.2, 0.25) is 0 Å². The molecule has 2 N–H and O–H groups in total. The van der Waals surface area contributed by atoms with E-state index in [-0.39, 0.29) is 17.5 Å². The maximum atomic E-state index is 11.2. The second kappa shape index (κ2) is 3.79. The van der Waals surface area contributed by atoms with Crippen LogP contribution in [-0.2, 0) is 9.84 Å². The van der Waals surface area contributed by atoms with E-state index in [1.165, 1.54) is 12.8 Å². The van der Waals surface area contributed by atoms with E-state index in [1.807, 2.05) is 0 Å². The molecule has 1 heterocycles. The molecule has 0 aromatic carbocycles. The molecule has 2 rings (SSSR count). The minimum Gasteiger partial charge on any atom is -0.390 e. The summed E-state index contributed by atoms with van der Waals surface area (Å²) in [5.74, 6) is 0.0298. The lowest BCUT2D eigenvalue weighted by Crippen LogP contribution is -2.43. The van der Waals surface area contributed by atoms with Crippen molar-refractivity contribution in [1.82, 2.24) is 5.32 Å². The van der Waals surface area contributed by atoms with E-state index in [4.69, 9.17) is 0 Å². The van der Waals surface area contributed by atoms with E-state index >= 15 is 0 Å². The van der Waals surface area contributed by atoms with Crippen LogP contribution in [0, 0.1) is 0 Å². The third-order valence-electron chi connectivity index (χ3n) is 3.13. The highest BCUT2D eigenvalue weighted by atomic mass is 32.2. The van der Waals surface area contributed by atoms with Gasteiger partial charge >= 0.3 is 0 Å². The number of sulfone groups is 1. The fraction of sp³-hybridized carbons (Fsp3) is 1.00. The van der Waals surface area contributed by atoms with E-state index in [1.54, 1.807) is 0 Å². The minimum atomic E-state index is -3.00. The van der Waals surface area contributed by atoms with Crippen molar-refractivity contribution in [2.75, 3.05) is 11.5 Å². The van der Waals surface area contributed by atoms with Gasteiger partial charge < -0.3 is 10.4 Å². The lowest BCUT2D eigenvalue weighted by Gasteiger charge is -2.19. The fourth-order valence-electron chi connectivity index (χ4n) is 2.38. The number of rotatable bonds is 2. The molecule has 2 atom stereocenters. The van der Waals surface area contributed by atoms with E-state index in [9.17, 15) is 13.5 Å². The Bertz CT molecular complexity index is 295. The van der Waals surface area contributed by atoms with Crippen molar-refractivity contribution < 1.29 is 13.5 Å². The average Bonchev–Trinajstić information content (AvgIpc) is 2.61. The summed E-state index contributed by atoms with van der Waals surface area (Å²) >= 11 is 0. The summed E-state index contributed by atoms with van der Waals surface area (Å²) in [6.07, 6.45) is 3.95. The zero-order valence-electron chi connectivity index (χ0n) is 8.15. The van der Waals surface area contributed by atoms with Crippen LogP contribution in [0.1, 0.15) is 25.7 Å². The first-order valence-electron chi connectivity index (χ1n) is 5.21. The van der Waals surface area contributed by atoms with Gasteiger partial charge in [0.15, 0.2) is 9.84 Å². The zero-order valence-corrected chi connectivity index (χ0v) is 8.96. The molecule has 1 aliphatic heterocycles. The molecule has 1 saturated carbocycles. The van der Waals surface area contributed by atoms with Crippen LogP contribution in [0.4, 0.5) is 0 Å². The van der Waals surface area contributed by atoms with Crippen molar-refractivity contribution in [2.24, 2.45) is 0 Å². The normalized spacial score (nSPS) is 37.8. The summed E-state index contributed by atoms with van der Waals surface area (Å²) in [7, 11) is -3.00. The van der Waals surface area contributed by atoms with Crippen molar-refractivity contribution in [1.29, 1.82) is 0 Å². The fourth-order valence-corrected chi connectivity index (χ4v) is 4.14. The molecule has 0 aromatic heterocycles. The highest BCUT2D eigenvalue weighted by Gasteiger charge is 2.37. The van der Waals surface area contributed by atoms with Gasteiger partial charge in [0.1, 0.15) is 0 Å². The van der Waals surface area contributed by atoms with Gasteiger partial charge in [-0.1, -0.05) is 12.8 Å². The predicted octanol–water partition coefficient (Wildman–Crippen LogP) is -0.324. The van der Waals surface area contributed by atoms with E-state index in [0.717, 1.165) is 12.8 Å². The van der Waals surface area contributed by atoms with Gasteiger partial charge in [0.05, 0.1) is 17.6 Å². The summed E-state index contributed by atoms with van der Waals surface area (Å²) < 4.78 is 22.5. The molecule has 2 aliphatic rings. The Labute approximate surface area is 84.6 Å². The molecule has 2 fully saturated rings. The number of hydrogen-bond donors (Lipinski definition) is 2. The van der Waals surface area contributed by atoms with Crippen LogP contribution in [0.25, 0.3) is 0 Å². The Hall–Kier alpha value is -0.130. The maximum absolute atomic E-state index is 11.2.